The minimum Gasteiger partial charge on any atom is -0.493 e. The molecule has 2 aromatic carbocycles. The second-order valence-corrected chi connectivity index (χ2v) is 7.52. The zero-order valence-corrected chi connectivity index (χ0v) is 18.5. The van der Waals surface area contributed by atoms with Crippen molar-refractivity contribution in [3.05, 3.63) is 77.1 Å². The van der Waals surface area contributed by atoms with Crippen molar-refractivity contribution in [3.63, 3.8) is 0 Å². The van der Waals surface area contributed by atoms with Gasteiger partial charge in [-0.05, 0) is 43.7 Å². The van der Waals surface area contributed by atoms with Crippen LogP contribution in [0, 0.1) is 13.8 Å². The maximum atomic E-state index is 5.63. The number of benzene rings is 2. The van der Waals surface area contributed by atoms with E-state index in [2.05, 4.69) is 53.4 Å². The van der Waals surface area contributed by atoms with Gasteiger partial charge in [0.25, 0.3) is 5.82 Å². The highest BCUT2D eigenvalue weighted by Gasteiger charge is 2.28. The number of pyridine rings is 1. The minimum absolute atomic E-state index is 0.164. The fourth-order valence-corrected chi connectivity index (χ4v) is 4.08. The van der Waals surface area contributed by atoms with E-state index in [1.54, 1.807) is 21.3 Å². The molecule has 0 aliphatic rings. The fourth-order valence-electron chi connectivity index (χ4n) is 4.08. The molecule has 0 unspecified atom stereocenters. The smallest absolute Gasteiger partial charge is 0.273 e. The number of methoxy groups -OCH3 is 3. The summed E-state index contributed by atoms with van der Waals surface area (Å²) in [6, 6.07) is 16.3. The number of aryl methyl sites for hydroxylation is 2. The number of fused-ring (bicyclic) bond motifs is 1. The molecule has 0 fully saturated rings. The monoisotopic (exact) mass is 418 g/mol. The molecule has 4 rings (SSSR count). The Morgan fingerprint density at radius 3 is 2.26 bits per heavy atom. The molecule has 1 atom stereocenters. The Hall–Kier alpha value is -3.67. The van der Waals surface area contributed by atoms with Crippen LogP contribution in [0.15, 0.2) is 54.7 Å². The number of hydrogen-bond acceptors (Lipinski definition) is 4. The fraction of sp³-hybridized carbons (Fsp3) is 0.240. The van der Waals surface area contributed by atoms with Gasteiger partial charge in [0.05, 0.1) is 27.5 Å². The van der Waals surface area contributed by atoms with Gasteiger partial charge in [0, 0.05) is 33.8 Å². The number of ether oxygens (including phenoxy) is 3. The molecule has 0 amide bonds. The van der Waals surface area contributed by atoms with Gasteiger partial charge in [0.1, 0.15) is 6.04 Å². The van der Waals surface area contributed by atoms with Crippen LogP contribution in [0.5, 0.6) is 17.2 Å². The van der Waals surface area contributed by atoms with E-state index in [9.17, 15) is 0 Å². The zero-order valence-electron chi connectivity index (χ0n) is 18.5. The molecule has 0 spiro atoms. The zero-order chi connectivity index (χ0) is 22.0. The standard InChI is InChI=1S/C25H27N3O3/c1-15-10-11-26-22(12-15)28-24(23-16(2)27-19-9-7-6-8-18(19)23)17-13-20(29-3)25(31-5)21(14-17)30-4/h6-14,24,27H,1-5H3,(H,26,28)/p+1/t24-/m1/s1. The highest BCUT2D eigenvalue weighted by molar-refractivity contribution is 5.86. The second-order valence-electron chi connectivity index (χ2n) is 7.52. The van der Waals surface area contributed by atoms with Crippen molar-refractivity contribution >= 4 is 16.7 Å². The molecule has 3 N–H and O–H groups in total. The lowest BCUT2D eigenvalue weighted by molar-refractivity contribution is -0.361. The lowest BCUT2D eigenvalue weighted by atomic mass is 9.95. The Kier molecular flexibility index (Phi) is 5.71. The topological polar surface area (TPSA) is 69.7 Å². The molecule has 2 aromatic heterocycles. The third-order valence-corrected chi connectivity index (χ3v) is 5.51. The van der Waals surface area contributed by atoms with Gasteiger partial charge < -0.3 is 19.2 Å². The van der Waals surface area contributed by atoms with Gasteiger partial charge in [-0.2, -0.15) is 0 Å². The molecule has 0 aliphatic heterocycles. The van der Waals surface area contributed by atoms with Gasteiger partial charge in [-0.3, -0.25) is 5.32 Å². The molecule has 6 nitrogen and oxygen atoms in total. The third kappa shape index (κ3) is 3.89. The highest BCUT2D eigenvalue weighted by atomic mass is 16.5. The van der Waals surface area contributed by atoms with Gasteiger partial charge >= 0.3 is 0 Å². The molecule has 6 heteroatoms. The molecule has 0 radical (unpaired) electrons. The van der Waals surface area contributed by atoms with Crippen LogP contribution < -0.4 is 24.5 Å². The first-order valence-corrected chi connectivity index (χ1v) is 10.2. The van der Waals surface area contributed by atoms with Gasteiger partial charge in [-0.15, -0.1) is 0 Å². The van der Waals surface area contributed by atoms with E-state index in [-0.39, 0.29) is 6.04 Å². The maximum Gasteiger partial charge on any atom is 0.273 e. The van der Waals surface area contributed by atoms with Gasteiger partial charge in [0.15, 0.2) is 11.5 Å². The van der Waals surface area contributed by atoms with E-state index in [0.717, 1.165) is 22.6 Å². The predicted molar refractivity (Wildman–Crippen MR) is 122 cm³/mol. The van der Waals surface area contributed by atoms with Crippen LogP contribution in [0.4, 0.5) is 5.82 Å². The van der Waals surface area contributed by atoms with Crippen molar-refractivity contribution < 1.29 is 19.2 Å². The van der Waals surface area contributed by atoms with Gasteiger partial charge in [-0.25, -0.2) is 4.98 Å². The lowest BCUT2D eigenvalue weighted by Gasteiger charge is -2.20. The summed E-state index contributed by atoms with van der Waals surface area (Å²) in [5.74, 6) is 2.73. The Morgan fingerprint density at radius 1 is 0.903 bits per heavy atom. The normalized spacial score (nSPS) is 11.9. The number of para-hydroxylation sites is 1. The first-order chi connectivity index (χ1) is 15.0. The van der Waals surface area contributed by atoms with Crippen molar-refractivity contribution in [1.29, 1.82) is 0 Å². The summed E-state index contributed by atoms with van der Waals surface area (Å²) < 4.78 is 16.8. The Balaban J connectivity index is 1.94. The van der Waals surface area contributed by atoms with E-state index in [0.29, 0.717) is 17.2 Å². The van der Waals surface area contributed by atoms with Crippen LogP contribution in [0.2, 0.25) is 0 Å². The summed E-state index contributed by atoms with van der Waals surface area (Å²) in [5, 5.41) is 4.85. The van der Waals surface area contributed by atoms with Crippen LogP contribution >= 0.6 is 0 Å². The van der Waals surface area contributed by atoms with E-state index < -0.39 is 0 Å². The van der Waals surface area contributed by atoms with Crippen molar-refractivity contribution in [3.8, 4) is 17.2 Å². The van der Waals surface area contributed by atoms with Crippen molar-refractivity contribution in [1.82, 2.24) is 4.98 Å². The number of aromatic nitrogens is 2. The number of anilines is 1. The highest BCUT2D eigenvalue weighted by Crippen LogP contribution is 2.43. The molecular weight excluding hydrogens is 390 g/mol. The third-order valence-electron chi connectivity index (χ3n) is 5.51. The first kappa shape index (κ1) is 20.6. The van der Waals surface area contributed by atoms with Crippen molar-refractivity contribution in [2.24, 2.45) is 0 Å². The molecule has 4 aromatic rings. The molecular formula is C25H28N3O3+. The summed E-state index contributed by atoms with van der Waals surface area (Å²) >= 11 is 0. The quantitative estimate of drug-likeness (QED) is 0.451. The lowest BCUT2D eigenvalue weighted by Crippen LogP contribution is -2.19. The summed E-state index contributed by atoms with van der Waals surface area (Å²) in [4.78, 5) is 6.83. The van der Waals surface area contributed by atoms with E-state index in [4.69, 9.17) is 14.2 Å². The number of hydrogen-bond donors (Lipinski definition) is 2. The summed E-state index contributed by atoms with van der Waals surface area (Å²) in [7, 11) is 4.88. The Bertz CT molecular complexity index is 1190. The summed E-state index contributed by atoms with van der Waals surface area (Å²) in [6.07, 6.45) is 1.94. The van der Waals surface area contributed by atoms with Crippen LogP contribution in [0.3, 0.4) is 0 Å². The summed E-state index contributed by atoms with van der Waals surface area (Å²) in [6.45, 7) is 4.17. The minimum atomic E-state index is -0.164. The van der Waals surface area contributed by atoms with Crippen LogP contribution in [0.1, 0.15) is 28.4 Å². The largest absolute Gasteiger partial charge is 0.493 e. The average Bonchev–Trinajstić information content (AvgIpc) is 3.12. The molecule has 0 bridgehead atoms. The van der Waals surface area contributed by atoms with E-state index in [1.807, 2.05) is 30.5 Å². The number of rotatable bonds is 7. The number of nitrogens with one attached hydrogen (secondary N) is 3. The molecule has 0 saturated heterocycles. The second kappa shape index (κ2) is 8.60. The molecule has 160 valence electrons. The maximum absolute atomic E-state index is 5.63. The van der Waals surface area contributed by atoms with Crippen LogP contribution in [0.25, 0.3) is 10.9 Å². The SMILES string of the molecule is COc1cc([C@@H](Nc2cc(C)cc[nH+]2)c2c(C)[nH]c3ccccc23)cc(OC)c1OC. The van der Waals surface area contributed by atoms with Crippen LogP contribution in [-0.4, -0.2) is 26.3 Å². The summed E-state index contributed by atoms with van der Waals surface area (Å²) in [5.41, 5.74) is 5.53. The number of aromatic amines is 2. The van der Waals surface area contributed by atoms with E-state index >= 15 is 0 Å². The molecule has 0 aliphatic carbocycles. The predicted octanol–water partition coefficient (Wildman–Crippen LogP) is 4.83. The molecule has 2 heterocycles. The molecule has 0 saturated carbocycles. The number of H-pyrrole nitrogens is 2. The van der Waals surface area contributed by atoms with E-state index in [1.165, 1.54) is 16.5 Å². The van der Waals surface area contributed by atoms with Gasteiger partial charge in [-0.1, -0.05) is 18.2 Å². The van der Waals surface area contributed by atoms with Crippen molar-refractivity contribution in [2.75, 3.05) is 26.6 Å². The molecule has 31 heavy (non-hydrogen) atoms. The first-order valence-electron chi connectivity index (χ1n) is 10.2. The Morgan fingerprint density at radius 2 is 1.61 bits per heavy atom. The average molecular weight is 419 g/mol. The van der Waals surface area contributed by atoms with Crippen molar-refractivity contribution in [2.45, 2.75) is 19.9 Å². The Labute approximate surface area is 182 Å². The van der Waals surface area contributed by atoms with Crippen LogP contribution in [-0.2, 0) is 0 Å². The van der Waals surface area contributed by atoms with Gasteiger partial charge in [0.2, 0.25) is 5.75 Å².